The number of hydrogen-bond acceptors (Lipinski definition) is 6. The van der Waals surface area contributed by atoms with Gasteiger partial charge in [0.25, 0.3) is 11.8 Å². The van der Waals surface area contributed by atoms with Crippen LogP contribution >= 0.6 is 22.9 Å². The molecule has 3 aromatic rings. The third kappa shape index (κ3) is 4.22. The molecule has 0 spiro atoms. The second kappa shape index (κ2) is 9.46. The standard InChI is InChI=1S/C24H21ClN2O4S/c1-3-30-18-12-9-16(14-19(18)31-4-2)26-22-21(20-6-5-13-32-20)23(28)27(24(22)29)17-10-7-15(25)8-11-17/h5-14,26H,3-4H2,1-2H3. The van der Waals surface area contributed by atoms with Crippen LogP contribution in [-0.2, 0) is 9.59 Å². The van der Waals surface area contributed by atoms with Crippen molar-refractivity contribution in [1.29, 1.82) is 0 Å². The van der Waals surface area contributed by atoms with Crippen molar-refractivity contribution < 1.29 is 19.1 Å². The molecule has 0 fully saturated rings. The number of nitrogens with zero attached hydrogens (tertiary/aromatic N) is 1. The first-order valence-corrected chi connectivity index (χ1v) is 11.4. The normalized spacial score (nSPS) is 13.7. The third-order valence-corrected chi connectivity index (χ3v) is 5.89. The zero-order valence-electron chi connectivity index (χ0n) is 17.6. The van der Waals surface area contributed by atoms with Crippen LogP contribution in [-0.4, -0.2) is 25.0 Å². The second-order valence-electron chi connectivity index (χ2n) is 6.80. The number of anilines is 2. The quantitative estimate of drug-likeness (QED) is 0.436. The molecule has 1 aliphatic rings. The van der Waals surface area contributed by atoms with Gasteiger partial charge < -0.3 is 14.8 Å². The van der Waals surface area contributed by atoms with Gasteiger partial charge in [-0.25, -0.2) is 4.90 Å². The van der Waals surface area contributed by atoms with E-state index in [1.807, 2.05) is 31.4 Å². The third-order valence-electron chi connectivity index (χ3n) is 4.75. The fraction of sp³-hybridized carbons (Fsp3) is 0.167. The van der Waals surface area contributed by atoms with E-state index in [1.165, 1.54) is 11.3 Å². The highest BCUT2D eigenvalue weighted by Crippen LogP contribution is 2.37. The van der Waals surface area contributed by atoms with Crippen molar-refractivity contribution >= 4 is 51.7 Å². The van der Waals surface area contributed by atoms with Gasteiger partial charge >= 0.3 is 0 Å². The van der Waals surface area contributed by atoms with E-state index in [2.05, 4.69) is 5.32 Å². The zero-order chi connectivity index (χ0) is 22.7. The molecule has 1 aliphatic heterocycles. The molecule has 8 heteroatoms. The highest BCUT2D eigenvalue weighted by Gasteiger charge is 2.40. The Kier molecular flexibility index (Phi) is 6.48. The van der Waals surface area contributed by atoms with Crippen LogP contribution in [0.25, 0.3) is 5.57 Å². The van der Waals surface area contributed by atoms with Crippen LogP contribution in [0.2, 0.25) is 5.02 Å². The molecule has 164 valence electrons. The average Bonchev–Trinajstić information content (AvgIpc) is 3.38. The number of nitrogens with one attached hydrogen (secondary N) is 1. The number of imide groups is 1. The lowest BCUT2D eigenvalue weighted by Crippen LogP contribution is -2.32. The molecule has 32 heavy (non-hydrogen) atoms. The summed E-state index contributed by atoms with van der Waals surface area (Å²) in [5.74, 6) is 0.346. The molecule has 2 aromatic carbocycles. The summed E-state index contributed by atoms with van der Waals surface area (Å²) in [6.07, 6.45) is 0. The molecule has 0 atom stereocenters. The molecule has 1 N–H and O–H groups in total. The lowest BCUT2D eigenvalue weighted by Gasteiger charge is -2.16. The SMILES string of the molecule is CCOc1ccc(NC2=C(c3cccs3)C(=O)N(c3ccc(Cl)cc3)C2=O)cc1OCC. The van der Waals surface area contributed by atoms with E-state index < -0.39 is 11.8 Å². The molecule has 0 unspecified atom stereocenters. The monoisotopic (exact) mass is 468 g/mol. The number of carbonyl (C=O) groups excluding carboxylic acids is 2. The number of carbonyl (C=O) groups is 2. The predicted molar refractivity (Wildman–Crippen MR) is 128 cm³/mol. The molecule has 2 amide bonds. The minimum absolute atomic E-state index is 0.207. The van der Waals surface area contributed by atoms with E-state index in [-0.39, 0.29) is 5.70 Å². The topological polar surface area (TPSA) is 67.9 Å². The van der Waals surface area contributed by atoms with Gasteiger partial charge in [-0.2, -0.15) is 0 Å². The van der Waals surface area contributed by atoms with Crippen molar-refractivity contribution in [3.8, 4) is 11.5 Å². The van der Waals surface area contributed by atoms with Gasteiger partial charge in [-0.3, -0.25) is 9.59 Å². The second-order valence-corrected chi connectivity index (χ2v) is 8.19. The van der Waals surface area contributed by atoms with Crippen molar-refractivity contribution in [1.82, 2.24) is 0 Å². The van der Waals surface area contributed by atoms with Gasteiger partial charge in [0.15, 0.2) is 11.5 Å². The molecule has 4 rings (SSSR count). The maximum Gasteiger partial charge on any atom is 0.282 e. The van der Waals surface area contributed by atoms with Gasteiger partial charge in [-0.05, 0) is 61.7 Å². The highest BCUT2D eigenvalue weighted by molar-refractivity contribution is 7.11. The van der Waals surface area contributed by atoms with Gasteiger partial charge in [0.1, 0.15) is 5.70 Å². The molecule has 0 bridgehead atoms. The fourth-order valence-electron chi connectivity index (χ4n) is 3.39. The highest BCUT2D eigenvalue weighted by atomic mass is 35.5. The van der Waals surface area contributed by atoms with E-state index >= 15 is 0 Å². The van der Waals surface area contributed by atoms with Crippen molar-refractivity contribution in [3.63, 3.8) is 0 Å². The van der Waals surface area contributed by atoms with Crippen molar-refractivity contribution in [2.75, 3.05) is 23.4 Å². The number of hydrogen-bond donors (Lipinski definition) is 1. The van der Waals surface area contributed by atoms with Crippen LogP contribution in [0.4, 0.5) is 11.4 Å². The van der Waals surface area contributed by atoms with E-state index in [0.717, 1.165) is 4.90 Å². The Hall–Kier alpha value is -3.29. The summed E-state index contributed by atoms with van der Waals surface area (Å²) in [4.78, 5) is 28.6. The summed E-state index contributed by atoms with van der Waals surface area (Å²) in [6.45, 7) is 4.75. The summed E-state index contributed by atoms with van der Waals surface area (Å²) < 4.78 is 11.3. The summed E-state index contributed by atoms with van der Waals surface area (Å²) in [5.41, 5.74) is 1.60. The first-order valence-electron chi connectivity index (χ1n) is 10.1. The molecule has 6 nitrogen and oxygen atoms in total. The maximum absolute atomic E-state index is 13.4. The minimum Gasteiger partial charge on any atom is -0.490 e. The summed E-state index contributed by atoms with van der Waals surface area (Å²) in [6, 6.07) is 15.6. The van der Waals surface area contributed by atoms with Gasteiger partial charge in [0, 0.05) is 21.7 Å². The van der Waals surface area contributed by atoms with E-state index in [1.54, 1.807) is 42.5 Å². The molecule has 0 saturated heterocycles. The molecule has 2 heterocycles. The van der Waals surface area contributed by atoms with Crippen molar-refractivity contribution in [3.05, 3.63) is 75.6 Å². The largest absolute Gasteiger partial charge is 0.490 e. The first kappa shape index (κ1) is 21.9. The number of thiophene rings is 1. The molecule has 0 aliphatic carbocycles. The van der Waals surface area contributed by atoms with Crippen molar-refractivity contribution in [2.24, 2.45) is 0 Å². The summed E-state index contributed by atoms with van der Waals surface area (Å²) in [5, 5.41) is 5.54. The summed E-state index contributed by atoms with van der Waals surface area (Å²) >= 11 is 7.38. The van der Waals surface area contributed by atoms with Gasteiger partial charge in [-0.1, -0.05) is 17.7 Å². The molecule has 1 aromatic heterocycles. The van der Waals surface area contributed by atoms with Crippen LogP contribution < -0.4 is 19.7 Å². The van der Waals surface area contributed by atoms with Crippen molar-refractivity contribution in [2.45, 2.75) is 13.8 Å². The lowest BCUT2D eigenvalue weighted by molar-refractivity contribution is -0.120. The summed E-state index contributed by atoms with van der Waals surface area (Å²) in [7, 11) is 0. The number of amides is 2. The molecule has 0 radical (unpaired) electrons. The number of ether oxygens (including phenoxy) is 2. The Morgan fingerprint density at radius 1 is 0.938 bits per heavy atom. The predicted octanol–water partition coefficient (Wildman–Crippen LogP) is 5.60. The fourth-order valence-corrected chi connectivity index (χ4v) is 4.29. The first-order chi connectivity index (χ1) is 15.5. The Morgan fingerprint density at radius 2 is 1.66 bits per heavy atom. The molecular formula is C24H21ClN2O4S. The molecule has 0 saturated carbocycles. The zero-order valence-corrected chi connectivity index (χ0v) is 19.1. The Balaban J connectivity index is 1.74. The average molecular weight is 469 g/mol. The number of benzene rings is 2. The molecular weight excluding hydrogens is 448 g/mol. The van der Waals surface area contributed by atoms with E-state index in [4.69, 9.17) is 21.1 Å². The van der Waals surface area contributed by atoms with E-state index in [0.29, 0.717) is 51.6 Å². The van der Waals surface area contributed by atoms with Gasteiger partial charge in [0.2, 0.25) is 0 Å². The number of halogens is 1. The van der Waals surface area contributed by atoms with Crippen LogP contribution in [0.15, 0.2) is 65.7 Å². The Bertz CT molecular complexity index is 1170. The van der Waals surface area contributed by atoms with E-state index in [9.17, 15) is 9.59 Å². The van der Waals surface area contributed by atoms with Crippen LogP contribution in [0, 0.1) is 0 Å². The number of rotatable bonds is 8. The smallest absolute Gasteiger partial charge is 0.282 e. The Labute approximate surface area is 195 Å². The Morgan fingerprint density at radius 3 is 2.31 bits per heavy atom. The minimum atomic E-state index is -0.437. The van der Waals surface area contributed by atoms with Crippen LogP contribution in [0.5, 0.6) is 11.5 Å². The van der Waals surface area contributed by atoms with Gasteiger partial charge in [-0.15, -0.1) is 11.3 Å². The van der Waals surface area contributed by atoms with Gasteiger partial charge in [0.05, 0.1) is 24.5 Å². The van der Waals surface area contributed by atoms with Crippen LogP contribution in [0.3, 0.4) is 0 Å². The van der Waals surface area contributed by atoms with Crippen LogP contribution in [0.1, 0.15) is 18.7 Å². The maximum atomic E-state index is 13.4. The lowest BCUT2D eigenvalue weighted by atomic mass is 10.1.